The zero-order valence-corrected chi connectivity index (χ0v) is 16.3. The molecule has 0 saturated heterocycles. The summed E-state index contributed by atoms with van der Waals surface area (Å²) in [5.74, 6) is -1.72. The fourth-order valence-electron chi connectivity index (χ4n) is 3.89. The summed E-state index contributed by atoms with van der Waals surface area (Å²) < 4.78 is 40.5. The van der Waals surface area contributed by atoms with Gasteiger partial charge in [0, 0.05) is 17.7 Å². The lowest BCUT2D eigenvalue weighted by Crippen LogP contribution is -2.38. The third-order valence-corrected chi connectivity index (χ3v) is 5.50. The molecule has 1 heterocycles. The fraction of sp³-hybridized carbons (Fsp3) is 0.450. The Bertz CT molecular complexity index is 1020. The van der Waals surface area contributed by atoms with Crippen LogP contribution in [0.1, 0.15) is 71.7 Å². The van der Waals surface area contributed by atoms with Crippen LogP contribution in [0.25, 0.3) is 0 Å². The van der Waals surface area contributed by atoms with E-state index >= 15 is 0 Å². The van der Waals surface area contributed by atoms with E-state index in [0.29, 0.717) is 12.8 Å². The molecule has 3 atom stereocenters. The van der Waals surface area contributed by atoms with Crippen molar-refractivity contribution in [2.45, 2.75) is 56.8 Å². The Hall–Kier alpha value is -2.88. The van der Waals surface area contributed by atoms with Gasteiger partial charge in [-0.05, 0) is 42.2 Å². The van der Waals surface area contributed by atoms with Crippen LogP contribution < -0.4 is 17.0 Å². The summed E-state index contributed by atoms with van der Waals surface area (Å²) in [6.07, 6.45) is -2.74. The monoisotopic (exact) mass is 424 g/mol. The largest absolute Gasteiger partial charge is 0.416 e. The van der Waals surface area contributed by atoms with Crippen molar-refractivity contribution in [3.05, 3.63) is 57.0 Å². The van der Waals surface area contributed by atoms with Crippen LogP contribution in [0.2, 0.25) is 0 Å². The number of alkyl halides is 3. The van der Waals surface area contributed by atoms with Gasteiger partial charge < -0.3 is 16.6 Å². The number of benzene rings is 1. The molecule has 10 heteroatoms. The molecule has 162 valence electrons. The van der Waals surface area contributed by atoms with E-state index in [1.165, 1.54) is 13.0 Å². The van der Waals surface area contributed by atoms with E-state index in [1.54, 1.807) is 0 Å². The SMILES string of the molecule is C[C@H](c1cc(N)cc(C(F)(F)F)c1)c1cc(=O)n([C@H]2CCCC[C@@H]2O)nc1C(N)=O. The molecule has 0 radical (unpaired) electrons. The van der Waals surface area contributed by atoms with Gasteiger partial charge in [-0.2, -0.15) is 18.3 Å². The number of anilines is 1. The number of halogens is 3. The number of nitrogens with two attached hydrogens (primary N) is 2. The van der Waals surface area contributed by atoms with E-state index in [4.69, 9.17) is 11.5 Å². The molecular formula is C20H23F3N4O3. The van der Waals surface area contributed by atoms with Crippen molar-refractivity contribution in [1.82, 2.24) is 9.78 Å². The summed E-state index contributed by atoms with van der Waals surface area (Å²) in [4.78, 5) is 24.8. The first kappa shape index (κ1) is 21.8. The molecule has 30 heavy (non-hydrogen) atoms. The fourth-order valence-corrected chi connectivity index (χ4v) is 3.89. The number of nitrogen functional groups attached to an aromatic ring is 1. The van der Waals surface area contributed by atoms with Crippen LogP contribution in [0, 0.1) is 0 Å². The highest BCUT2D eigenvalue weighted by molar-refractivity contribution is 5.92. The smallest absolute Gasteiger partial charge is 0.399 e. The standard InChI is InChI=1S/C20H23F3N4O3/c1-10(11-6-12(20(21,22)23)8-13(24)7-11)14-9-17(29)27(26-18(14)19(25)30)15-4-2-3-5-16(15)28/h6-10,15-16,28H,2-5,24H2,1H3,(H2,25,30)/t10-,15+,16+/m1/s1. The van der Waals surface area contributed by atoms with Crippen LogP contribution in [0.15, 0.2) is 29.1 Å². The molecular weight excluding hydrogens is 401 g/mol. The molecule has 0 aliphatic heterocycles. The second-order valence-corrected chi connectivity index (χ2v) is 7.62. The number of carbonyl (C=O) groups excluding carboxylic acids is 1. The summed E-state index contributed by atoms with van der Waals surface area (Å²) in [6, 6.07) is 3.64. The molecule has 0 bridgehead atoms. The highest BCUT2D eigenvalue weighted by Crippen LogP contribution is 2.35. The quantitative estimate of drug-likeness (QED) is 0.651. The minimum Gasteiger partial charge on any atom is -0.399 e. The number of nitrogens with zero attached hydrogens (tertiary/aromatic N) is 2. The van der Waals surface area contributed by atoms with Crippen LogP contribution in [0.5, 0.6) is 0 Å². The summed E-state index contributed by atoms with van der Waals surface area (Å²) in [5.41, 5.74) is 9.55. The van der Waals surface area contributed by atoms with Crippen molar-refractivity contribution in [1.29, 1.82) is 0 Å². The molecule has 1 aliphatic carbocycles. The molecule has 1 aromatic heterocycles. The van der Waals surface area contributed by atoms with Crippen molar-refractivity contribution in [3.8, 4) is 0 Å². The minimum atomic E-state index is -4.60. The first-order valence-corrected chi connectivity index (χ1v) is 9.58. The van der Waals surface area contributed by atoms with E-state index in [0.717, 1.165) is 35.7 Å². The van der Waals surface area contributed by atoms with E-state index in [-0.39, 0.29) is 22.5 Å². The summed E-state index contributed by atoms with van der Waals surface area (Å²) in [6.45, 7) is 1.54. The third-order valence-electron chi connectivity index (χ3n) is 5.50. The van der Waals surface area contributed by atoms with Crippen molar-refractivity contribution in [3.63, 3.8) is 0 Å². The summed E-state index contributed by atoms with van der Waals surface area (Å²) >= 11 is 0. The van der Waals surface area contributed by atoms with E-state index in [2.05, 4.69) is 5.10 Å². The lowest BCUT2D eigenvalue weighted by Gasteiger charge is -2.29. The highest BCUT2D eigenvalue weighted by Gasteiger charge is 2.33. The first-order chi connectivity index (χ1) is 14.0. The summed E-state index contributed by atoms with van der Waals surface area (Å²) in [7, 11) is 0. The number of aliphatic hydroxyl groups is 1. The average Bonchev–Trinajstić information content (AvgIpc) is 2.66. The molecule has 7 nitrogen and oxygen atoms in total. The van der Waals surface area contributed by atoms with Gasteiger partial charge in [0.05, 0.1) is 17.7 Å². The first-order valence-electron chi connectivity index (χ1n) is 9.58. The maximum absolute atomic E-state index is 13.2. The number of primary amides is 1. The average molecular weight is 424 g/mol. The predicted octanol–water partition coefficient (Wildman–Crippen LogP) is 2.57. The molecule has 3 rings (SSSR count). The molecule has 1 aromatic carbocycles. The van der Waals surface area contributed by atoms with Crippen molar-refractivity contribution in [2.75, 3.05) is 5.73 Å². The van der Waals surface area contributed by atoms with Gasteiger partial charge in [0.2, 0.25) is 0 Å². The van der Waals surface area contributed by atoms with Crippen LogP contribution in [0.4, 0.5) is 18.9 Å². The predicted molar refractivity (Wildman–Crippen MR) is 104 cm³/mol. The number of rotatable bonds is 4. The van der Waals surface area contributed by atoms with Crippen LogP contribution in [0.3, 0.4) is 0 Å². The second-order valence-electron chi connectivity index (χ2n) is 7.62. The maximum Gasteiger partial charge on any atom is 0.416 e. The number of hydrogen-bond acceptors (Lipinski definition) is 5. The van der Waals surface area contributed by atoms with Crippen LogP contribution in [-0.2, 0) is 6.18 Å². The topological polar surface area (TPSA) is 124 Å². The van der Waals surface area contributed by atoms with E-state index in [9.17, 15) is 27.9 Å². The number of amides is 1. The molecule has 1 fully saturated rings. The van der Waals surface area contributed by atoms with E-state index < -0.39 is 41.3 Å². The molecule has 2 aromatic rings. The van der Waals surface area contributed by atoms with Gasteiger partial charge in [0.15, 0.2) is 5.69 Å². The van der Waals surface area contributed by atoms with Crippen molar-refractivity contribution < 1.29 is 23.1 Å². The summed E-state index contributed by atoms with van der Waals surface area (Å²) in [5, 5.41) is 14.3. The van der Waals surface area contributed by atoms with Gasteiger partial charge in [-0.1, -0.05) is 19.8 Å². The van der Waals surface area contributed by atoms with Gasteiger partial charge in [-0.25, -0.2) is 4.68 Å². The van der Waals surface area contributed by atoms with Gasteiger partial charge in [-0.3, -0.25) is 9.59 Å². The number of carbonyl (C=O) groups is 1. The van der Waals surface area contributed by atoms with Gasteiger partial charge in [0.25, 0.3) is 11.5 Å². The lowest BCUT2D eigenvalue weighted by molar-refractivity contribution is -0.137. The highest BCUT2D eigenvalue weighted by atomic mass is 19.4. The second kappa shape index (κ2) is 8.10. The Morgan fingerprint density at radius 1 is 1.23 bits per heavy atom. The molecule has 5 N–H and O–H groups in total. The zero-order valence-electron chi connectivity index (χ0n) is 16.3. The Morgan fingerprint density at radius 2 is 1.90 bits per heavy atom. The Labute approximate surface area is 170 Å². The molecule has 0 spiro atoms. The van der Waals surface area contributed by atoms with Gasteiger partial charge in [-0.15, -0.1) is 0 Å². The van der Waals surface area contributed by atoms with Gasteiger partial charge in [0.1, 0.15) is 0 Å². The maximum atomic E-state index is 13.2. The molecule has 0 unspecified atom stereocenters. The lowest BCUT2D eigenvalue weighted by atomic mass is 9.90. The Balaban J connectivity index is 2.10. The van der Waals surface area contributed by atoms with Crippen molar-refractivity contribution >= 4 is 11.6 Å². The Morgan fingerprint density at radius 3 is 2.50 bits per heavy atom. The van der Waals surface area contributed by atoms with Crippen LogP contribution in [-0.4, -0.2) is 26.9 Å². The van der Waals surface area contributed by atoms with E-state index in [1.807, 2.05) is 0 Å². The molecule has 1 saturated carbocycles. The Kier molecular flexibility index (Phi) is 5.89. The number of aliphatic hydroxyl groups excluding tert-OH is 1. The number of hydrogen-bond donors (Lipinski definition) is 3. The minimum absolute atomic E-state index is 0.0982. The van der Waals surface area contributed by atoms with Crippen LogP contribution >= 0.6 is 0 Å². The van der Waals surface area contributed by atoms with Crippen molar-refractivity contribution in [2.24, 2.45) is 5.73 Å². The zero-order chi connectivity index (χ0) is 22.2. The van der Waals surface area contributed by atoms with Gasteiger partial charge >= 0.3 is 6.18 Å². The third kappa shape index (κ3) is 4.33. The normalized spacial score (nSPS) is 20.7. The number of aromatic nitrogens is 2. The molecule has 1 amide bonds. The molecule has 1 aliphatic rings.